The summed E-state index contributed by atoms with van der Waals surface area (Å²) in [6, 6.07) is 0.0322. The van der Waals surface area contributed by atoms with E-state index in [0.717, 1.165) is 26.1 Å². The summed E-state index contributed by atoms with van der Waals surface area (Å²) < 4.78 is 0. The van der Waals surface area contributed by atoms with Crippen molar-refractivity contribution >= 4 is 5.91 Å². The van der Waals surface area contributed by atoms with Crippen molar-refractivity contribution in [2.24, 2.45) is 11.5 Å². The molecule has 0 saturated carbocycles. The van der Waals surface area contributed by atoms with Crippen LogP contribution in [0.5, 0.6) is 0 Å². The lowest BCUT2D eigenvalue weighted by atomic mass is 10.1. The van der Waals surface area contributed by atoms with E-state index in [4.69, 9.17) is 11.5 Å². The quantitative estimate of drug-likeness (QED) is 0.618. The van der Waals surface area contributed by atoms with Crippen molar-refractivity contribution in [3.63, 3.8) is 0 Å². The zero-order valence-corrected chi connectivity index (χ0v) is 9.65. The predicted molar refractivity (Wildman–Crippen MR) is 60.3 cm³/mol. The minimum Gasteiger partial charge on any atom is -0.368 e. The Bertz CT molecular complexity index is 221. The minimum atomic E-state index is -0.536. The van der Waals surface area contributed by atoms with Crippen LogP contribution in [0.15, 0.2) is 0 Å². The fraction of sp³-hybridized carbons (Fsp3) is 0.900. The number of piperazine rings is 1. The molecular weight excluding hydrogens is 192 g/mol. The van der Waals surface area contributed by atoms with Gasteiger partial charge in [0.25, 0.3) is 0 Å². The van der Waals surface area contributed by atoms with Crippen molar-refractivity contribution in [3.8, 4) is 0 Å². The molecule has 15 heavy (non-hydrogen) atoms. The van der Waals surface area contributed by atoms with Gasteiger partial charge in [-0.25, -0.2) is 0 Å². The van der Waals surface area contributed by atoms with Crippen LogP contribution in [0, 0.1) is 0 Å². The van der Waals surface area contributed by atoms with Gasteiger partial charge in [-0.05, 0) is 13.5 Å². The fourth-order valence-electron chi connectivity index (χ4n) is 1.99. The molecule has 0 aromatic heterocycles. The van der Waals surface area contributed by atoms with Crippen LogP contribution in [0.4, 0.5) is 0 Å². The first-order valence-electron chi connectivity index (χ1n) is 5.52. The Kier molecular flexibility index (Phi) is 4.50. The third kappa shape index (κ3) is 3.44. The number of primary amides is 1. The van der Waals surface area contributed by atoms with Crippen molar-refractivity contribution in [1.82, 2.24) is 9.80 Å². The van der Waals surface area contributed by atoms with E-state index in [-0.39, 0.29) is 0 Å². The van der Waals surface area contributed by atoms with E-state index in [1.165, 1.54) is 0 Å². The SMILES string of the molecule is CCC1CN(CC(N)C(N)=O)CCN1C. The number of hydrogen-bond donors (Lipinski definition) is 2. The van der Waals surface area contributed by atoms with Crippen molar-refractivity contribution in [1.29, 1.82) is 0 Å². The molecule has 0 radical (unpaired) electrons. The summed E-state index contributed by atoms with van der Waals surface area (Å²) in [5.74, 6) is -0.415. The zero-order valence-electron chi connectivity index (χ0n) is 9.65. The first-order chi connectivity index (χ1) is 7.04. The van der Waals surface area contributed by atoms with Gasteiger partial charge in [-0.15, -0.1) is 0 Å². The lowest BCUT2D eigenvalue weighted by molar-refractivity contribution is -0.119. The molecule has 1 amide bonds. The Balaban J connectivity index is 2.41. The molecule has 1 aliphatic heterocycles. The van der Waals surface area contributed by atoms with Crippen molar-refractivity contribution in [2.45, 2.75) is 25.4 Å². The van der Waals surface area contributed by atoms with E-state index in [1.54, 1.807) is 0 Å². The van der Waals surface area contributed by atoms with Crippen LogP contribution >= 0.6 is 0 Å². The normalized spacial score (nSPS) is 26.5. The standard InChI is InChI=1S/C10H22N4O/c1-3-8-6-14(5-4-13(8)2)7-9(11)10(12)15/h8-9H,3-7,11H2,1-2H3,(H2,12,15). The molecule has 2 atom stereocenters. The van der Waals surface area contributed by atoms with Gasteiger partial charge in [0.1, 0.15) is 0 Å². The first kappa shape index (κ1) is 12.4. The molecule has 0 aliphatic carbocycles. The van der Waals surface area contributed by atoms with Gasteiger partial charge in [0, 0.05) is 32.2 Å². The first-order valence-corrected chi connectivity index (χ1v) is 5.52. The van der Waals surface area contributed by atoms with E-state index >= 15 is 0 Å². The lowest BCUT2D eigenvalue weighted by Gasteiger charge is -2.39. The predicted octanol–water partition coefficient (Wildman–Crippen LogP) is -1.17. The molecule has 0 aromatic rings. The Morgan fingerprint density at radius 2 is 2.20 bits per heavy atom. The Morgan fingerprint density at radius 1 is 1.53 bits per heavy atom. The summed E-state index contributed by atoms with van der Waals surface area (Å²) in [6.45, 7) is 5.74. The molecule has 0 bridgehead atoms. The number of likely N-dealkylation sites (N-methyl/N-ethyl adjacent to an activating group) is 1. The Hall–Kier alpha value is -0.650. The van der Waals surface area contributed by atoms with Crippen LogP contribution in [0.25, 0.3) is 0 Å². The number of carbonyl (C=O) groups excluding carboxylic acids is 1. The number of rotatable bonds is 4. The van der Waals surface area contributed by atoms with Crippen molar-refractivity contribution in [3.05, 3.63) is 0 Å². The topological polar surface area (TPSA) is 75.6 Å². The molecule has 0 spiro atoms. The molecule has 88 valence electrons. The van der Waals surface area contributed by atoms with Gasteiger partial charge in [-0.1, -0.05) is 6.92 Å². The second-order valence-electron chi connectivity index (χ2n) is 4.31. The second kappa shape index (κ2) is 5.44. The molecule has 1 aliphatic rings. The molecule has 1 rings (SSSR count). The molecule has 1 fully saturated rings. The maximum atomic E-state index is 10.8. The second-order valence-corrected chi connectivity index (χ2v) is 4.31. The summed E-state index contributed by atoms with van der Waals surface area (Å²) >= 11 is 0. The van der Waals surface area contributed by atoms with Crippen molar-refractivity contribution < 1.29 is 4.79 Å². The highest BCUT2D eigenvalue weighted by Gasteiger charge is 2.24. The van der Waals surface area contributed by atoms with Crippen LogP contribution in [0.1, 0.15) is 13.3 Å². The van der Waals surface area contributed by atoms with Gasteiger partial charge in [0.2, 0.25) is 5.91 Å². The summed E-state index contributed by atoms with van der Waals surface area (Å²) in [7, 11) is 2.14. The number of amides is 1. The molecule has 0 aromatic carbocycles. The molecule has 4 N–H and O–H groups in total. The number of hydrogen-bond acceptors (Lipinski definition) is 4. The van der Waals surface area contributed by atoms with Gasteiger partial charge in [-0.3, -0.25) is 9.69 Å². The van der Waals surface area contributed by atoms with Crippen LogP contribution in [-0.4, -0.2) is 61.0 Å². The Morgan fingerprint density at radius 3 is 2.73 bits per heavy atom. The number of nitrogens with zero attached hydrogens (tertiary/aromatic N) is 2. The van der Waals surface area contributed by atoms with E-state index in [1.807, 2.05) is 0 Å². The van der Waals surface area contributed by atoms with Crippen LogP contribution in [0.3, 0.4) is 0 Å². The van der Waals surface area contributed by atoms with E-state index in [9.17, 15) is 4.79 Å². The molecule has 2 unspecified atom stereocenters. The molecule has 1 heterocycles. The molecular formula is C10H22N4O. The van der Waals surface area contributed by atoms with Crippen LogP contribution < -0.4 is 11.5 Å². The monoisotopic (exact) mass is 214 g/mol. The summed E-state index contributed by atoms with van der Waals surface area (Å²) in [6.07, 6.45) is 1.12. The lowest BCUT2D eigenvalue weighted by Crippen LogP contribution is -2.55. The zero-order chi connectivity index (χ0) is 11.4. The van der Waals surface area contributed by atoms with Crippen molar-refractivity contribution in [2.75, 3.05) is 33.2 Å². The van der Waals surface area contributed by atoms with Gasteiger partial charge in [0.05, 0.1) is 6.04 Å². The van der Waals surface area contributed by atoms with E-state index in [0.29, 0.717) is 12.6 Å². The molecule has 5 nitrogen and oxygen atoms in total. The molecule has 5 heteroatoms. The third-order valence-electron chi connectivity index (χ3n) is 3.15. The summed E-state index contributed by atoms with van der Waals surface area (Å²) in [4.78, 5) is 15.4. The van der Waals surface area contributed by atoms with Gasteiger partial charge >= 0.3 is 0 Å². The Labute approximate surface area is 91.4 Å². The highest BCUT2D eigenvalue weighted by Crippen LogP contribution is 2.10. The highest BCUT2D eigenvalue weighted by atomic mass is 16.1. The average molecular weight is 214 g/mol. The highest BCUT2D eigenvalue weighted by molar-refractivity contribution is 5.79. The van der Waals surface area contributed by atoms with Gasteiger partial charge in [-0.2, -0.15) is 0 Å². The van der Waals surface area contributed by atoms with Crippen LogP contribution in [-0.2, 0) is 4.79 Å². The molecule has 1 saturated heterocycles. The smallest absolute Gasteiger partial charge is 0.235 e. The van der Waals surface area contributed by atoms with Crippen LogP contribution in [0.2, 0.25) is 0 Å². The maximum Gasteiger partial charge on any atom is 0.235 e. The minimum absolute atomic E-state index is 0.415. The van der Waals surface area contributed by atoms with Gasteiger partial charge in [0.15, 0.2) is 0 Å². The van der Waals surface area contributed by atoms with E-state index < -0.39 is 11.9 Å². The number of carbonyl (C=O) groups is 1. The third-order valence-corrected chi connectivity index (χ3v) is 3.15. The van der Waals surface area contributed by atoms with Gasteiger partial charge < -0.3 is 16.4 Å². The van der Waals surface area contributed by atoms with E-state index in [2.05, 4.69) is 23.8 Å². The summed E-state index contributed by atoms with van der Waals surface area (Å²) in [5.41, 5.74) is 10.8. The summed E-state index contributed by atoms with van der Waals surface area (Å²) in [5, 5.41) is 0. The number of nitrogens with two attached hydrogens (primary N) is 2. The fourth-order valence-corrected chi connectivity index (χ4v) is 1.99. The largest absolute Gasteiger partial charge is 0.368 e. The average Bonchev–Trinajstić information content (AvgIpc) is 2.20. The maximum absolute atomic E-state index is 10.8.